The fraction of sp³-hybridized carbons (Fsp3) is 0.750. The second-order valence-electron chi connectivity index (χ2n) is 2.89. The first-order valence-electron chi connectivity index (χ1n) is 3.58. The van der Waals surface area contributed by atoms with Crippen molar-refractivity contribution < 1.29 is 14.3 Å². The van der Waals surface area contributed by atoms with Gasteiger partial charge in [0.05, 0.1) is 7.11 Å². The lowest BCUT2D eigenvalue weighted by Crippen LogP contribution is -2.33. The molecule has 3 heteroatoms. The van der Waals surface area contributed by atoms with Crippen LogP contribution in [-0.4, -0.2) is 18.9 Å². The van der Waals surface area contributed by atoms with E-state index < -0.39 is 11.4 Å². The molecular weight excluding hydrogens is 144 g/mol. The average Bonchev–Trinajstić information content (AvgIpc) is 2.01. The summed E-state index contributed by atoms with van der Waals surface area (Å²) in [6.45, 7) is 4.88. The van der Waals surface area contributed by atoms with Gasteiger partial charge in [0, 0.05) is 6.42 Å². The summed E-state index contributed by atoms with van der Waals surface area (Å²) in [5.41, 5.74) is -0.983. The standard InChI is InChI=1S/C8H14O3/c1-5-6(9)8(2,3)7(10)11-4/h5H2,1-4H3. The van der Waals surface area contributed by atoms with Crippen molar-refractivity contribution in [1.82, 2.24) is 0 Å². The van der Waals surface area contributed by atoms with Gasteiger partial charge in [-0.15, -0.1) is 0 Å². The zero-order valence-corrected chi connectivity index (χ0v) is 7.43. The summed E-state index contributed by atoms with van der Waals surface area (Å²) in [5.74, 6) is -0.561. The Kier molecular flexibility index (Phi) is 3.23. The van der Waals surface area contributed by atoms with E-state index in [-0.39, 0.29) is 5.78 Å². The van der Waals surface area contributed by atoms with E-state index in [0.29, 0.717) is 6.42 Å². The minimum atomic E-state index is -0.983. The van der Waals surface area contributed by atoms with Gasteiger partial charge < -0.3 is 4.74 Å². The lowest BCUT2D eigenvalue weighted by Gasteiger charge is -2.18. The van der Waals surface area contributed by atoms with Crippen molar-refractivity contribution in [2.24, 2.45) is 5.41 Å². The molecule has 0 saturated heterocycles. The van der Waals surface area contributed by atoms with Crippen molar-refractivity contribution in [3.63, 3.8) is 0 Å². The Labute approximate surface area is 66.7 Å². The monoisotopic (exact) mass is 158 g/mol. The van der Waals surface area contributed by atoms with Gasteiger partial charge in [0.2, 0.25) is 0 Å². The molecule has 0 aliphatic carbocycles. The number of carbonyl (C=O) groups excluding carboxylic acids is 2. The highest BCUT2D eigenvalue weighted by Crippen LogP contribution is 2.19. The van der Waals surface area contributed by atoms with Gasteiger partial charge in [-0.05, 0) is 13.8 Å². The van der Waals surface area contributed by atoms with Gasteiger partial charge in [0.1, 0.15) is 11.2 Å². The van der Waals surface area contributed by atoms with Crippen LogP contribution in [0, 0.1) is 5.41 Å². The van der Waals surface area contributed by atoms with Crippen molar-refractivity contribution in [2.45, 2.75) is 27.2 Å². The van der Waals surface area contributed by atoms with E-state index in [4.69, 9.17) is 0 Å². The third-order valence-electron chi connectivity index (χ3n) is 1.71. The van der Waals surface area contributed by atoms with E-state index >= 15 is 0 Å². The topological polar surface area (TPSA) is 43.4 Å². The zero-order chi connectivity index (χ0) is 9.07. The molecule has 0 saturated carbocycles. The van der Waals surface area contributed by atoms with Gasteiger partial charge in [0.15, 0.2) is 0 Å². The molecule has 0 rings (SSSR count). The number of esters is 1. The second kappa shape index (κ2) is 3.51. The summed E-state index contributed by atoms with van der Waals surface area (Å²) in [7, 11) is 1.28. The first-order valence-corrected chi connectivity index (χ1v) is 3.58. The molecule has 0 fully saturated rings. The number of hydrogen-bond donors (Lipinski definition) is 0. The lowest BCUT2D eigenvalue weighted by molar-refractivity contribution is -0.155. The summed E-state index contributed by atoms with van der Waals surface area (Å²) < 4.78 is 4.48. The van der Waals surface area contributed by atoms with Crippen molar-refractivity contribution >= 4 is 11.8 Å². The summed E-state index contributed by atoms with van der Waals surface area (Å²) in [4.78, 5) is 22.1. The van der Waals surface area contributed by atoms with Crippen LogP contribution in [0.2, 0.25) is 0 Å². The van der Waals surface area contributed by atoms with Crippen molar-refractivity contribution in [1.29, 1.82) is 0 Å². The number of ether oxygens (including phenoxy) is 1. The van der Waals surface area contributed by atoms with Gasteiger partial charge in [-0.2, -0.15) is 0 Å². The maximum Gasteiger partial charge on any atom is 0.318 e. The first kappa shape index (κ1) is 10.1. The van der Waals surface area contributed by atoms with Crippen LogP contribution < -0.4 is 0 Å². The van der Waals surface area contributed by atoms with E-state index in [9.17, 15) is 9.59 Å². The Balaban J connectivity index is 4.44. The molecule has 0 amide bonds. The summed E-state index contributed by atoms with van der Waals surface area (Å²) in [6, 6.07) is 0. The van der Waals surface area contributed by atoms with Crippen molar-refractivity contribution in [3.8, 4) is 0 Å². The average molecular weight is 158 g/mol. The van der Waals surface area contributed by atoms with Crippen LogP contribution in [0.1, 0.15) is 27.2 Å². The smallest absolute Gasteiger partial charge is 0.318 e. The normalized spacial score (nSPS) is 10.9. The molecule has 0 atom stereocenters. The van der Waals surface area contributed by atoms with Crippen molar-refractivity contribution in [2.75, 3.05) is 7.11 Å². The Morgan fingerprint density at radius 3 is 2.09 bits per heavy atom. The fourth-order valence-electron chi connectivity index (χ4n) is 0.811. The third-order valence-corrected chi connectivity index (χ3v) is 1.71. The minimum absolute atomic E-state index is 0.0932. The van der Waals surface area contributed by atoms with Gasteiger partial charge in [0.25, 0.3) is 0 Å². The molecule has 64 valence electrons. The molecule has 0 aromatic heterocycles. The molecule has 0 heterocycles. The molecule has 0 N–H and O–H groups in total. The van der Waals surface area contributed by atoms with Crippen LogP contribution in [0.4, 0.5) is 0 Å². The van der Waals surface area contributed by atoms with E-state index in [2.05, 4.69) is 4.74 Å². The van der Waals surface area contributed by atoms with Crippen LogP contribution in [0.5, 0.6) is 0 Å². The number of carbonyl (C=O) groups is 2. The van der Waals surface area contributed by atoms with E-state index in [0.717, 1.165) is 0 Å². The van der Waals surface area contributed by atoms with Gasteiger partial charge >= 0.3 is 5.97 Å². The SMILES string of the molecule is CCC(=O)C(C)(C)C(=O)OC. The highest BCUT2D eigenvalue weighted by atomic mass is 16.5. The minimum Gasteiger partial charge on any atom is -0.468 e. The number of ketones is 1. The molecular formula is C8H14O3. The first-order chi connectivity index (χ1) is 4.96. The van der Waals surface area contributed by atoms with Crippen LogP contribution >= 0.6 is 0 Å². The predicted molar refractivity (Wildman–Crippen MR) is 41.1 cm³/mol. The third kappa shape index (κ3) is 2.03. The fourth-order valence-corrected chi connectivity index (χ4v) is 0.811. The molecule has 0 bridgehead atoms. The highest BCUT2D eigenvalue weighted by molar-refractivity contribution is 6.02. The lowest BCUT2D eigenvalue weighted by atomic mass is 9.87. The van der Waals surface area contributed by atoms with Gasteiger partial charge in [-0.25, -0.2) is 0 Å². The van der Waals surface area contributed by atoms with Crippen LogP contribution in [0.25, 0.3) is 0 Å². The maximum atomic E-state index is 11.1. The number of hydrogen-bond acceptors (Lipinski definition) is 3. The van der Waals surface area contributed by atoms with Crippen LogP contribution in [0.3, 0.4) is 0 Å². The molecule has 0 aliphatic heterocycles. The Hall–Kier alpha value is -0.860. The molecule has 0 aromatic rings. The van der Waals surface area contributed by atoms with E-state index in [1.165, 1.54) is 7.11 Å². The number of rotatable bonds is 3. The van der Waals surface area contributed by atoms with E-state index in [1.54, 1.807) is 20.8 Å². The number of methoxy groups -OCH3 is 1. The number of Topliss-reactive ketones (excluding diaryl/α,β-unsaturated/α-hetero) is 1. The quantitative estimate of drug-likeness (QED) is 0.457. The molecule has 0 aromatic carbocycles. The Bertz CT molecular complexity index is 152. The molecule has 0 spiro atoms. The van der Waals surface area contributed by atoms with Gasteiger partial charge in [-0.3, -0.25) is 9.59 Å². The summed E-state index contributed by atoms with van der Waals surface area (Å²) in [5, 5.41) is 0. The van der Waals surface area contributed by atoms with Gasteiger partial charge in [-0.1, -0.05) is 6.92 Å². The maximum absolute atomic E-state index is 11.1. The highest BCUT2D eigenvalue weighted by Gasteiger charge is 2.35. The zero-order valence-electron chi connectivity index (χ0n) is 7.43. The molecule has 0 radical (unpaired) electrons. The molecule has 11 heavy (non-hydrogen) atoms. The van der Waals surface area contributed by atoms with E-state index in [1.807, 2.05) is 0 Å². The molecule has 0 aliphatic rings. The Morgan fingerprint density at radius 1 is 1.36 bits per heavy atom. The molecule has 3 nitrogen and oxygen atoms in total. The predicted octanol–water partition coefficient (Wildman–Crippen LogP) is 1.16. The van der Waals surface area contributed by atoms with Crippen LogP contribution in [-0.2, 0) is 14.3 Å². The van der Waals surface area contributed by atoms with Crippen molar-refractivity contribution in [3.05, 3.63) is 0 Å². The molecule has 0 unspecified atom stereocenters. The summed E-state index contributed by atoms with van der Waals surface area (Å²) >= 11 is 0. The summed E-state index contributed by atoms with van der Waals surface area (Å²) in [6.07, 6.45) is 0.363. The van der Waals surface area contributed by atoms with Crippen LogP contribution in [0.15, 0.2) is 0 Å². The Morgan fingerprint density at radius 2 is 1.82 bits per heavy atom. The second-order valence-corrected chi connectivity index (χ2v) is 2.89. The largest absolute Gasteiger partial charge is 0.468 e.